The maximum Gasteiger partial charge on any atom is 0.270 e. The lowest BCUT2D eigenvalue weighted by atomic mass is 10.2. The number of pyridine rings is 1. The zero-order valence-electron chi connectivity index (χ0n) is 13.4. The van der Waals surface area contributed by atoms with Crippen LogP contribution in [0.3, 0.4) is 0 Å². The Balaban J connectivity index is 1.79. The topological polar surface area (TPSA) is 107 Å². The average Bonchev–Trinajstić information content (AvgIpc) is 3.09. The zero-order chi connectivity index (χ0) is 17.1. The lowest BCUT2D eigenvalue weighted by Crippen LogP contribution is -2.25. The van der Waals surface area contributed by atoms with Gasteiger partial charge in [-0.1, -0.05) is 6.07 Å². The highest BCUT2D eigenvalue weighted by atomic mass is 16.3. The Labute approximate surface area is 139 Å². The molecule has 24 heavy (non-hydrogen) atoms. The SMILES string of the molecule is Cc1ccc(C)c(CNC(=O)c2cc(-c3ccco3)nc(N)n2)n1. The standard InChI is InChI=1S/C17H17N5O2/c1-10-5-6-11(2)20-14(10)9-19-16(23)13-8-12(21-17(18)22-13)15-4-3-7-24-15/h3-8H,9H2,1-2H3,(H,19,23)(H2,18,21,22). The van der Waals surface area contributed by atoms with E-state index in [2.05, 4.69) is 20.3 Å². The predicted octanol–water partition coefficient (Wildman–Crippen LogP) is 2.26. The molecule has 0 spiro atoms. The Hall–Kier alpha value is -3.22. The first-order chi connectivity index (χ1) is 11.5. The molecule has 0 aliphatic carbocycles. The van der Waals surface area contributed by atoms with Gasteiger partial charge in [0.25, 0.3) is 5.91 Å². The van der Waals surface area contributed by atoms with Crippen molar-refractivity contribution in [1.29, 1.82) is 0 Å². The van der Waals surface area contributed by atoms with Crippen LogP contribution in [-0.2, 0) is 6.54 Å². The number of hydrogen-bond donors (Lipinski definition) is 2. The molecule has 0 aromatic carbocycles. The highest BCUT2D eigenvalue weighted by molar-refractivity contribution is 5.93. The van der Waals surface area contributed by atoms with Crippen molar-refractivity contribution in [2.24, 2.45) is 0 Å². The van der Waals surface area contributed by atoms with Crippen molar-refractivity contribution < 1.29 is 9.21 Å². The number of nitrogen functional groups attached to an aromatic ring is 1. The lowest BCUT2D eigenvalue weighted by molar-refractivity contribution is 0.0945. The van der Waals surface area contributed by atoms with E-state index in [0.717, 1.165) is 17.0 Å². The Morgan fingerprint density at radius 3 is 2.79 bits per heavy atom. The van der Waals surface area contributed by atoms with Gasteiger partial charge in [-0.15, -0.1) is 0 Å². The molecule has 3 rings (SSSR count). The van der Waals surface area contributed by atoms with Crippen LogP contribution < -0.4 is 11.1 Å². The summed E-state index contributed by atoms with van der Waals surface area (Å²) in [5, 5.41) is 2.81. The van der Waals surface area contributed by atoms with Crippen LogP contribution in [-0.4, -0.2) is 20.9 Å². The summed E-state index contributed by atoms with van der Waals surface area (Å²) >= 11 is 0. The molecule has 0 fully saturated rings. The van der Waals surface area contributed by atoms with E-state index in [1.54, 1.807) is 18.2 Å². The van der Waals surface area contributed by atoms with E-state index in [0.29, 0.717) is 18.0 Å². The van der Waals surface area contributed by atoms with Gasteiger partial charge < -0.3 is 15.5 Å². The van der Waals surface area contributed by atoms with E-state index in [9.17, 15) is 4.79 Å². The number of rotatable bonds is 4. The monoisotopic (exact) mass is 323 g/mol. The van der Waals surface area contributed by atoms with Gasteiger partial charge in [-0.25, -0.2) is 9.97 Å². The molecule has 7 nitrogen and oxygen atoms in total. The van der Waals surface area contributed by atoms with Crippen molar-refractivity contribution in [3.8, 4) is 11.5 Å². The van der Waals surface area contributed by atoms with Crippen molar-refractivity contribution >= 4 is 11.9 Å². The Bertz CT molecular complexity index is 875. The van der Waals surface area contributed by atoms with E-state index >= 15 is 0 Å². The summed E-state index contributed by atoms with van der Waals surface area (Å²) in [5.41, 5.74) is 9.07. The van der Waals surface area contributed by atoms with Crippen LogP contribution in [0.15, 0.2) is 41.0 Å². The van der Waals surface area contributed by atoms with Gasteiger partial charge in [-0.2, -0.15) is 0 Å². The van der Waals surface area contributed by atoms with Gasteiger partial charge >= 0.3 is 0 Å². The molecule has 3 aromatic heterocycles. The molecule has 3 N–H and O–H groups in total. The molecule has 122 valence electrons. The van der Waals surface area contributed by atoms with Crippen molar-refractivity contribution in [3.63, 3.8) is 0 Å². The number of aromatic nitrogens is 3. The number of anilines is 1. The molecule has 0 unspecified atom stereocenters. The lowest BCUT2D eigenvalue weighted by Gasteiger charge is -2.08. The van der Waals surface area contributed by atoms with Gasteiger partial charge in [0.2, 0.25) is 5.95 Å². The highest BCUT2D eigenvalue weighted by Gasteiger charge is 2.13. The third-order valence-corrected chi connectivity index (χ3v) is 3.51. The summed E-state index contributed by atoms with van der Waals surface area (Å²) in [5.74, 6) is 0.188. The van der Waals surface area contributed by atoms with Crippen molar-refractivity contribution in [1.82, 2.24) is 20.3 Å². The fourth-order valence-corrected chi connectivity index (χ4v) is 2.25. The van der Waals surface area contributed by atoms with Crippen molar-refractivity contribution in [2.45, 2.75) is 20.4 Å². The smallest absolute Gasteiger partial charge is 0.270 e. The summed E-state index contributed by atoms with van der Waals surface area (Å²) in [6.07, 6.45) is 1.53. The molecule has 0 aliphatic rings. The van der Waals surface area contributed by atoms with E-state index < -0.39 is 0 Å². The minimum Gasteiger partial charge on any atom is -0.463 e. The van der Waals surface area contributed by atoms with E-state index in [-0.39, 0.29) is 17.5 Å². The molecule has 0 saturated heterocycles. The minimum atomic E-state index is -0.348. The van der Waals surface area contributed by atoms with Crippen molar-refractivity contribution in [3.05, 3.63) is 59.2 Å². The minimum absolute atomic E-state index is 0.0129. The molecule has 0 atom stereocenters. The normalized spacial score (nSPS) is 10.6. The molecule has 0 saturated carbocycles. The van der Waals surface area contributed by atoms with Gasteiger partial charge in [0, 0.05) is 5.69 Å². The molecule has 0 bridgehead atoms. The Kier molecular flexibility index (Phi) is 4.24. The number of carbonyl (C=O) groups excluding carboxylic acids is 1. The van der Waals surface area contributed by atoms with Crippen molar-refractivity contribution in [2.75, 3.05) is 5.73 Å². The number of aryl methyl sites for hydroxylation is 2. The van der Waals surface area contributed by atoms with Crippen LogP contribution in [0.5, 0.6) is 0 Å². The predicted molar refractivity (Wildman–Crippen MR) is 89.0 cm³/mol. The average molecular weight is 323 g/mol. The number of nitrogens with two attached hydrogens (primary N) is 1. The van der Waals surface area contributed by atoms with Crippen LogP contribution in [0.4, 0.5) is 5.95 Å². The molecule has 1 amide bonds. The first kappa shape index (κ1) is 15.7. The fourth-order valence-electron chi connectivity index (χ4n) is 2.25. The van der Waals surface area contributed by atoms with E-state index in [4.69, 9.17) is 10.2 Å². The Morgan fingerprint density at radius 2 is 2.04 bits per heavy atom. The number of nitrogens with zero attached hydrogens (tertiary/aromatic N) is 3. The van der Waals surface area contributed by atoms with Gasteiger partial charge in [-0.05, 0) is 43.7 Å². The van der Waals surface area contributed by atoms with Gasteiger partial charge in [0.15, 0.2) is 5.76 Å². The quantitative estimate of drug-likeness (QED) is 0.762. The second-order valence-electron chi connectivity index (χ2n) is 5.37. The number of nitrogens with one attached hydrogen (secondary N) is 1. The zero-order valence-corrected chi connectivity index (χ0v) is 13.4. The summed E-state index contributed by atoms with van der Waals surface area (Å²) in [4.78, 5) is 24.9. The van der Waals surface area contributed by atoms with Crippen LogP contribution in [0.2, 0.25) is 0 Å². The highest BCUT2D eigenvalue weighted by Crippen LogP contribution is 2.19. The second kappa shape index (κ2) is 6.49. The molecular formula is C17H17N5O2. The van der Waals surface area contributed by atoms with Gasteiger partial charge in [0.1, 0.15) is 11.4 Å². The third kappa shape index (κ3) is 3.40. The molecule has 0 aliphatic heterocycles. The number of furan rings is 1. The number of hydrogen-bond acceptors (Lipinski definition) is 6. The first-order valence-corrected chi connectivity index (χ1v) is 7.42. The summed E-state index contributed by atoms with van der Waals surface area (Å²) < 4.78 is 5.28. The van der Waals surface area contributed by atoms with E-state index in [1.807, 2.05) is 26.0 Å². The first-order valence-electron chi connectivity index (χ1n) is 7.42. The summed E-state index contributed by atoms with van der Waals surface area (Å²) in [7, 11) is 0. The summed E-state index contributed by atoms with van der Waals surface area (Å²) in [6, 6.07) is 8.92. The molecule has 7 heteroatoms. The van der Waals surface area contributed by atoms with E-state index in [1.165, 1.54) is 6.26 Å². The maximum atomic E-state index is 12.4. The molecule has 3 heterocycles. The number of carbonyl (C=O) groups is 1. The van der Waals surface area contributed by atoms with Crippen LogP contribution in [0.1, 0.15) is 27.4 Å². The Morgan fingerprint density at radius 1 is 1.21 bits per heavy atom. The fraction of sp³-hybridized carbons (Fsp3) is 0.176. The number of amides is 1. The second-order valence-corrected chi connectivity index (χ2v) is 5.37. The summed E-state index contributed by atoms with van der Waals surface area (Å²) in [6.45, 7) is 4.17. The molecule has 0 radical (unpaired) electrons. The maximum absolute atomic E-state index is 12.4. The van der Waals surface area contributed by atoms with Gasteiger partial charge in [0.05, 0.1) is 18.5 Å². The van der Waals surface area contributed by atoms with Crippen LogP contribution in [0, 0.1) is 13.8 Å². The largest absolute Gasteiger partial charge is 0.463 e. The van der Waals surface area contributed by atoms with Gasteiger partial charge in [-0.3, -0.25) is 9.78 Å². The molecular weight excluding hydrogens is 306 g/mol. The van der Waals surface area contributed by atoms with Crippen LogP contribution in [0.25, 0.3) is 11.5 Å². The molecule has 3 aromatic rings. The van der Waals surface area contributed by atoms with Crippen LogP contribution >= 0.6 is 0 Å². The third-order valence-electron chi connectivity index (χ3n) is 3.51.